The smallest absolute Gasteiger partial charge is 0.269 e. The molecule has 5 aromatic rings. The van der Waals surface area contributed by atoms with Crippen molar-refractivity contribution in [3.05, 3.63) is 178 Å². The van der Waals surface area contributed by atoms with Gasteiger partial charge in [0.1, 0.15) is 35.8 Å². The van der Waals surface area contributed by atoms with Gasteiger partial charge in [-0.2, -0.15) is 0 Å². The van der Waals surface area contributed by atoms with Gasteiger partial charge >= 0.3 is 0 Å². The molecular weight excluding hydrogens is 598 g/mol. The second-order valence-electron chi connectivity index (χ2n) is 11.2. The van der Waals surface area contributed by atoms with Crippen molar-refractivity contribution in [1.29, 1.82) is 0 Å². The van der Waals surface area contributed by atoms with E-state index in [0.717, 1.165) is 22.3 Å². The van der Waals surface area contributed by atoms with Gasteiger partial charge < -0.3 is 29.2 Å². The van der Waals surface area contributed by atoms with E-state index in [9.17, 15) is 20.3 Å². The molecule has 1 aliphatic rings. The SMILES string of the molecule is O=[N+]([O-])c1ccc(O[C@@H]2O[C@H](COC(c3ccccc3)(c3ccccc3)c3ccccc3)[C@H](O)[C@H](OCc3ccccc3)[C@H]2O)cc1. The van der Waals surface area contributed by atoms with Gasteiger partial charge in [0.15, 0.2) is 0 Å². The molecule has 0 bridgehead atoms. The maximum Gasteiger partial charge on any atom is 0.269 e. The van der Waals surface area contributed by atoms with Crippen LogP contribution in [0.1, 0.15) is 22.3 Å². The fourth-order valence-electron chi connectivity index (χ4n) is 5.86. The maximum atomic E-state index is 11.6. The molecule has 0 radical (unpaired) electrons. The Bertz CT molecular complexity index is 1610. The molecule has 0 unspecified atom stereocenters. The van der Waals surface area contributed by atoms with E-state index in [1.165, 1.54) is 24.3 Å². The number of nitro benzene ring substituents is 1. The third-order valence-corrected chi connectivity index (χ3v) is 8.23. The number of rotatable bonds is 12. The second-order valence-corrected chi connectivity index (χ2v) is 11.2. The van der Waals surface area contributed by atoms with E-state index >= 15 is 0 Å². The Morgan fingerprint density at radius 1 is 0.681 bits per heavy atom. The minimum atomic E-state index is -1.40. The first kappa shape index (κ1) is 32.1. The summed E-state index contributed by atoms with van der Waals surface area (Å²) in [5.74, 6) is 0.240. The highest BCUT2D eigenvalue weighted by molar-refractivity contribution is 5.47. The van der Waals surface area contributed by atoms with Gasteiger partial charge in [-0.3, -0.25) is 10.1 Å². The van der Waals surface area contributed by atoms with Gasteiger partial charge in [-0.1, -0.05) is 121 Å². The van der Waals surface area contributed by atoms with Crippen LogP contribution in [-0.4, -0.2) is 52.4 Å². The number of aliphatic hydroxyl groups is 2. The van der Waals surface area contributed by atoms with Crippen LogP contribution in [0.5, 0.6) is 5.75 Å². The zero-order valence-electron chi connectivity index (χ0n) is 25.4. The molecule has 5 atom stereocenters. The van der Waals surface area contributed by atoms with Crippen molar-refractivity contribution in [3.63, 3.8) is 0 Å². The third kappa shape index (κ3) is 7.10. The monoisotopic (exact) mass is 633 g/mol. The number of non-ortho nitro benzene ring substituents is 1. The van der Waals surface area contributed by atoms with E-state index in [2.05, 4.69) is 0 Å². The highest BCUT2D eigenvalue weighted by atomic mass is 16.7. The summed E-state index contributed by atoms with van der Waals surface area (Å²) in [5, 5.41) is 34.2. The second kappa shape index (κ2) is 14.7. The van der Waals surface area contributed by atoms with Gasteiger partial charge in [0.05, 0.1) is 18.1 Å². The number of hydrogen-bond acceptors (Lipinski definition) is 8. The molecule has 0 aromatic heterocycles. The Morgan fingerprint density at radius 3 is 1.66 bits per heavy atom. The Kier molecular flexibility index (Phi) is 10.0. The minimum absolute atomic E-state index is 0.104. The number of nitro groups is 1. The van der Waals surface area contributed by atoms with Crippen molar-refractivity contribution in [1.82, 2.24) is 0 Å². The molecule has 9 nitrogen and oxygen atoms in total. The molecule has 0 amide bonds. The summed E-state index contributed by atoms with van der Waals surface area (Å²) in [6.45, 7) is 0.0112. The fraction of sp³-hybridized carbons (Fsp3) is 0.211. The van der Waals surface area contributed by atoms with Crippen molar-refractivity contribution < 1.29 is 34.1 Å². The zero-order chi connectivity index (χ0) is 32.6. The van der Waals surface area contributed by atoms with E-state index in [1.54, 1.807) is 0 Å². The first-order valence-electron chi connectivity index (χ1n) is 15.3. The van der Waals surface area contributed by atoms with E-state index in [0.29, 0.717) is 0 Å². The van der Waals surface area contributed by atoms with Gasteiger partial charge in [0, 0.05) is 12.1 Å². The quantitative estimate of drug-likeness (QED) is 0.0974. The number of nitrogens with zero attached hydrogens (tertiary/aromatic N) is 1. The van der Waals surface area contributed by atoms with E-state index < -0.39 is 41.2 Å². The largest absolute Gasteiger partial charge is 0.462 e. The van der Waals surface area contributed by atoms with Crippen molar-refractivity contribution in [3.8, 4) is 5.75 Å². The molecule has 0 saturated carbocycles. The lowest BCUT2D eigenvalue weighted by Crippen LogP contribution is -2.61. The highest BCUT2D eigenvalue weighted by Crippen LogP contribution is 2.41. The van der Waals surface area contributed by atoms with Crippen LogP contribution < -0.4 is 4.74 Å². The molecule has 0 spiro atoms. The summed E-state index contributed by atoms with van der Waals surface area (Å²) in [4.78, 5) is 10.7. The van der Waals surface area contributed by atoms with Crippen LogP contribution in [0.15, 0.2) is 146 Å². The van der Waals surface area contributed by atoms with Gasteiger partial charge in [-0.15, -0.1) is 0 Å². The first-order valence-corrected chi connectivity index (χ1v) is 15.3. The normalized spacial score (nSPS) is 21.2. The average Bonchev–Trinajstić information content (AvgIpc) is 3.12. The predicted octanol–water partition coefficient (Wildman–Crippen LogP) is 6.01. The molecule has 1 aliphatic heterocycles. The molecule has 1 fully saturated rings. The summed E-state index contributed by atoms with van der Waals surface area (Å²) < 4.78 is 25.3. The molecule has 1 heterocycles. The van der Waals surface area contributed by atoms with Crippen LogP contribution in [0.2, 0.25) is 0 Å². The van der Waals surface area contributed by atoms with E-state index in [4.69, 9.17) is 18.9 Å². The van der Waals surface area contributed by atoms with Gasteiger partial charge in [0.25, 0.3) is 5.69 Å². The Morgan fingerprint density at radius 2 is 1.17 bits per heavy atom. The minimum Gasteiger partial charge on any atom is -0.462 e. The van der Waals surface area contributed by atoms with Crippen molar-refractivity contribution in [2.75, 3.05) is 6.61 Å². The summed E-state index contributed by atoms with van der Waals surface area (Å²) in [6.07, 6.45) is -6.10. The van der Waals surface area contributed by atoms with Crippen LogP contribution in [0.25, 0.3) is 0 Å². The summed E-state index contributed by atoms with van der Waals surface area (Å²) >= 11 is 0. The van der Waals surface area contributed by atoms with Crippen LogP contribution in [0, 0.1) is 10.1 Å². The molecule has 9 heteroatoms. The summed E-state index contributed by atoms with van der Waals surface area (Å²) in [6, 6.07) is 44.3. The predicted molar refractivity (Wildman–Crippen MR) is 175 cm³/mol. The molecule has 240 valence electrons. The Hall–Kier alpha value is -4.90. The highest BCUT2D eigenvalue weighted by Gasteiger charge is 2.48. The molecule has 1 saturated heterocycles. The third-order valence-electron chi connectivity index (χ3n) is 8.23. The molecule has 6 rings (SSSR count). The number of hydrogen-bond donors (Lipinski definition) is 2. The number of aliphatic hydroxyl groups excluding tert-OH is 2. The summed E-state index contributed by atoms with van der Waals surface area (Å²) in [5.41, 5.74) is 2.29. The molecule has 0 aliphatic carbocycles. The van der Waals surface area contributed by atoms with Gasteiger partial charge in [0.2, 0.25) is 6.29 Å². The summed E-state index contributed by atoms with van der Waals surface area (Å²) in [7, 11) is 0. The molecular formula is C38H35NO8. The standard InChI is InChI=1S/C38H35NO8/c40-34-33(26-45-38(28-15-7-2-8-16-28,29-17-9-3-10-18-29)30-19-11-4-12-20-30)47-37(46-32-23-21-31(22-24-32)39(42)43)35(41)36(34)44-25-27-13-5-1-6-14-27/h1-24,33-37,40-41H,25-26H2/t33-,34+,35-,36+,37-/m1/s1. The maximum absolute atomic E-state index is 11.6. The van der Waals surface area contributed by atoms with Gasteiger partial charge in [-0.05, 0) is 34.4 Å². The van der Waals surface area contributed by atoms with Crippen LogP contribution >= 0.6 is 0 Å². The van der Waals surface area contributed by atoms with Crippen molar-refractivity contribution in [2.45, 2.75) is 42.9 Å². The molecule has 5 aromatic carbocycles. The zero-order valence-corrected chi connectivity index (χ0v) is 25.4. The van der Waals surface area contributed by atoms with Gasteiger partial charge in [-0.25, -0.2) is 0 Å². The Labute approximate surface area is 272 Å². The lowest BCUT2D eigenvalue weighted by molar-refractivity contribution is -0.384. The number of ether oxygens (including phenoxy) is 4. The van der Waals surface area contributed by atoms with Crippen molar-refractivity contribution in [2.24, 2.45) is 0 Å². The first-order chi connectivity index (χ1) is 23.0. The number of benzene rings is 5. The van der Waals surface area contributed by atoms with Crippen LogP contribution in [-0.2, 0) is 26.4 Å². The van der Waals surface area contributed by atoms with Crippen molar-refractivity contribution >= 4 is 5.69 Å². The lowest BCUT2D eigenvalue weighted by atomic mass is 9.80. The average molecular weight is 634 g/mol. The topological polar surface area (TPSA) is 121 Å². The van der Waals surface area contributed by atoms with Crippen LogP contribution in [0.3, 0.4) is 0 Å². The Balaban J connectivity index is 1.33. The van der Waals surface area contributed by atoms with Crippen LogP contribution in [0.4, 0.5) is 5.69 Å². The van der Waals surface area contributed by atoms with E-state index in [1.807, 2.05) is 121 Å². The molecule has 2 N–H and O–H groups in total. The fourth-order valence-corrected chi connectivity index (χ4v) is 5.86. The lowest BCUT2D eigenvalue weighted by Gasteiger charge is -2.44. The molecule has 47 heavy (non-hydrogen) atoms. The van der Waals surface area contributed by atoms with E-state index in [-0.39, 0.29) is 24.7 Å².